The van der Waals surface area contributed by atoms with E-state index in [1.54, 1.807) is 0 Å². The molecular weight excluding hydrogens is 204 g/mol. The molecule has 0 radical (unpaired) electrons. The van der Waals surface area contributed by atoms with Crippen LogP contribution in [0, 0.1) is 6.92 Å². The van der Waals surface area contributed by atoms with Crippen molar-refractivity contribution in [3.05, 3.63) is 59.7 Å². The maximum Gasteiger partial charge on any atom is -0.0155 e. The van der Waals surface area contributed by atoms with Gasteiger partial charge in [0, 0.05) is 0 Å². The molecule has 2 aromatic rings. The molecule has 0 N–H and O–H groups in total. The van der Waals surface area contributed by atoms with Gasteiger partial charge in [0.05, 0.1) is 0 Å². The summed E-state index contributed by atoms with van der Waals surface area (Å²) in [6, 6.07) is 17.6. The van der Waals surface area contributed by atoms with Crippen LogP contribution in [0.3, 0.4) is 0 Å². The Balaban J connectivity index is 2.21. The molecule has 2 rings (SSSR count). The van der Waals surface area contributed by atoms with E-state index >= 15 is 0 Å². The highest BCUT2D eigenvalue weighted by Gasteiger charge is 2.00. The van der Waals surface area contributed by atoms with Crippen LogP contribution in [0.15, 0.2) is 48.5 Å². The Morgan fingerprint density at radius 3 is 2.24 bits per heavy atom. The van der Waals surface area contributed by atoms with Crippen LogP contribution in [0.2, 0.25) is 0 Å². The van der Waals surface area contributed by atoms with Crippen molar-refractivity contribution in [3.8, 4) is 11.1 Å². The number of unbranched alkanes of at least 4 members (excludes halogenated alkanes) is 1. The van der Waals surface area contributed by atoms with Gasteiger partial charge in [-0.25, -0.2) is 0 Å². The lowest BCUT2D eigenvalue weighted by atomic mass is 9.98. The van der Waals surface area contributed by atoms with Gasteiger partial charge < -0.3 is 0 Å². The molecule has 0 aliphatic carbocycles. The lowest BCUT2D eigenvalue weighted by Gasteiger charge is -2.07. The molecule has 0 fully saturated rings. The van der Waals surface area contributed by atoms with Gasteiger partial charge in [-0.2, -0.15) is 0 Å². The molecule has 0 atom stereocenters. The third kappa shape index (κ3) is 2.97. The lowest BCUT2D eigenvalue weighted by molar-refractivity contribution is 0.795. The Morgan fingerprint density at radius 1 is 0.882 bits per heavy atom. The second-order valence-electron chi connectivity index (χ2n) is 4.62. The zero-order chi connectivity index (χ0) is 12.1. The molecule has 0 nitrogen and oxygen atoms in total. The Morgan fingerprint density at radius 2 is 1.59 bits per heavy atom. The minimum atomic E-state index is 1.20. The summed E-state index contributed by atoms with van der Waals surface area (Å²) in [5.74, 6) is 0. The van der Waals surface area contributed by atoms with Gasteiger partial charge >= 0.3 is 0 Å². The van der Waals surface area contributed by atoms with E-state index in [1.807, 2.05) is 0 Å². The predicted octanol–water partition coefficient (Wildman–Crippen LogP) is 5.00. The monoisotopic (exact) mass is 224 g/mol. The summed E-state index contributed by atoms with van der Waals surface area (Å²) in [6.07, 6.45) is 3.74. The highest BCUT2D eigenvalue weighted by molar-refractivity contribution is 5.67. The van der Waals surface area contributed by atoms with E-state index in [9.17, 15) is 0 Å². The maximum atomic E-state index is 2.26. The zero-order valence-electron chi connectivity index (χ0n) is 10.7. The van der Waals surface area contributed by atoms with Crippen LogP contribution in [-0.4, -0.2) is 0 Å². The maximum absolute atomic E-state index is 2.26. The van der Waals surface area contributed by atoms with Gasteiger partial charge in [0.1, 0.15) is 0 Å². The highest BCUT2D eigenvalue weighted by atomic mass is 14.1. The summed E-state index contributed by atoms with van der Waals surface area (Å²) < 4.78 is 0. The molecule has 0 saturated carbocycles. The van der Waals surface area contributed by atoms with Gasteiger partial charge in [-0.05, 0) is 42.0 Å². The van der Waals surface area contributed by atoms with Gasteiger partial charge in [0.15, 0.2) is 0 Å². The van der Waals surface area contributed by atoms with Crippen molar-refractivity contribution in [1.82, 2.24) is 0 Å². The second kappa shape index (κ2) is 5.67. The average molecular weight is 224 g/mol. The summed E-state index contributed by atoms with van der Waals surface area (Å²) in [4.78, 5) is 0. The minimum Gasteiger partial charge on any atom is -0.0654 e. The molecule has 0 amide bonds. The van der Waals surface area contributed by atoms with Gasteiger partial charge in [-0.1, -0.05) is 61.9 Å². The molecule has 0 bridgehead atoms. The van der Waals surface area contributed by atoms with E-state index in [0.29, 0.717) is 0 Å². The summed E-state index contributed by atoms with van der Waals surface area (Å²) in [7, 11) is 0. The molecule has 0 aliphatic rings. The first-order valence-electron chi connectivity index (χ1n) is 6.46. The van der Waals surface area contributed by atoms with E-state index < -0.39 is 0 Å². The average Bonchev–Trinajstić information content (AvgIpc) is 2.38. The number of aryl methyl sites for hydroxylation is 2. The van der Waals surface area contributed by atoms with Gasteiger partial charge in [0.2, 0.25) is 0 Å². The van der Waals surface area contributed by atoms with Crippen molar-refractivity contribution in [2.45, 2.75) is 33.1 Å². The molecule has 17 heavy (non-hydrogen) atoms. The van der Waals surface area contributed by atoms with Gasteiger partial charge in [-0.15, -0.1) is 0 Å². The lowest BCUT2D eigenvalue weighted by Crippen LogP contribution is -1.86. The van der Waals surface area contributed by atoms with Crippen LogP contribution in [0.4, 0.5) is 0 Å². The molecule has 0 unspecified atom stereocenters. The van der Waals surface area contributed by atoms with Crippen LogP contribution in [0.5, 0.6) is 0 Å². The molecule has 0 heteroatoms. The first kappa shape index (κ1) is 11.9. The van der Waals surface area contributed by atoms with Crippen LogP contribution in [-0.2, 0) is 6.42 Å². The van der Waals surface area contributed by atoms with Crippen molar-refractivity contribution < 1.29 is 0 Å². The van der Waals surface area contributed by atoms with Crippen molar-refractivity contribution in [1.29, 1.82) is 0 Å². The van der Waals surface area contributed by atoms with Crippen LogP contribution >= 0.6 is 0 Å². The molecule has 2 aromatic carbocycles. The SMILES string of the molecule is CCCCc1ccc(-c2ccccc2C)cc1. The van der Waals surface area contributed by atoms with E-state index in [2.05, 4.69) is 62.4 Å². The molecule has 0 saturated heterocycles. The number of benzene rings is 2. The normalized spacial score (nSPS) is 10.5. The largest absolute Gasteiger partial charge is 0.0654 e. The Kier molecular flexibility index (Phi) is 3.98. The quantitative estimate of drug-likeness (QED) is 0.685. The summed E-state index contributed by atoms with van der Waals surface area (Å²) >= 11 is 0. The first-order valence-corrected chi connectivity index (χ1v) is 6.46. The van der Waals surface area contributed by atoms with Crippen LogP contribution in [0.25, 0.3) is 11.1 Å². The summed E-state index contributed by atoms with van der Waals surface area (Å²) in [5.41, 5.74) is 5.45. The van der Waals surface area contributed by atoms with E-state index in [1.165, 1.54) is 41.5 Å². The molecule has 0 heterocycles. The molecule has 0 spiro atoms. The van der Waals surface area contributed by atoms with Crippen molar-refractivity contribution in [2.75, 3.05) is 0 Å². The van der Waals surface area contributed by atoms with Gasteiger partial charge in [0.25, 0.3) is 0 Å². The second-order valence-corrected chi connectivity index (χ2v) is 4.62. The molecule has 0 aliphatic heterocycles. The first-order chi connectivity index (χ1) is 8.31. The highest BCUT2D eigenvalue weighted by Crippen LogP contribution is 2.23. The van der Waals surface area contributed by atoms with Crippen LogP contribution < -0.4 is 0 Å². The fourth-order valence-corrected chi connectivity index (χ4v) is 2.13. The molecular formula is C17H20. The Hall–Kier alpha value is -1.56. The van der Waals surface area contributed by atoms with E-state index in [0.717, 1.165) is 0 Å². The van der Waals surface area contributed by atoms with Crippen LogP contribution in [0.1, 0.15) is 30.9 Å². The Labute approximate surface area is 104 Å². The minimum absolute atomic E-state index is 1.20. The van der Waals surface area contributed by atoms with Gasteiger partial charge in [-0.3, -0.25) is 0 Å². The topological polar surface area (TPSA) is 0 Å². The fraction of sp³-hybridized carbons (Fsp3) is 0.294. The number of hydrogen-bond acceptors (Lipinski definition) is 0. The predicted molar refractivity (Wildman–Crippen MR) is 75.2 cm³/mol. The summed E-state index contributed by atoms with van der Waals surface area (Å²) in [6.45, 7) is 4.40. The smallest absolute Gasteiger partial charge is 0.0155 e. The van der Waals surface area contributed by atoms with E-state index in [4.69, 9.17) is 0 Å². The number of rotatable bonds is 4. The third-order valence-corrected chi connectivity index (χ3v) is 3.23. The molecule has 0 aromatic heterocycles. The fourth-order valence-electron chi connectivity index (χ4n) is 2.13. The zero-order valence-corrected chi connectivity index (χ0v) is 10.7. The Bertz CT molecular complexity index is 466. The van der Waals surface area contributed by atoms with E-state index in [-0.39, 0.29) is 0 Å². The standard InChI is InChI=1S/C17H20/c1-3-4-8-15-10-12-16(13-11-15)17-9-6-5-7-14(17)2/h5-7,9-13H,3-4,8H2,1-2H3. The van der Waals surface area contributed by atoms with Crippen molar-refractivity contribution >= 4 is 0 Å². The molecule has 88 valence electrons. The van der Waals surface area contributed by atoms with Crippen molar-refractivity contribution in [2.24, 2.45) is 0 Å². The van der Waals surface area contributed by atoms with Crippen molar-refractivity contribution in [3.63, 3.8) is 0 Å². The summed E-state index contributed by atoms with van der Waals surface area (Å²) in [5, 5.41) is 0. The third-order valence-electron chi connectivity index (χ3n) is 3.23. The number of hydrogen-bond donors (Lipinski definition) is 0.